The van der Waals surface area contributed by atoms with Crippen molar-refractivity contribution in [3.8, 4) is 11.1 Å². The smallest absolute Gasteiger partial charge is 0.435 e. The van der Waals surface area contributed by atoms with Crippen molar-refractivity contribution >= 4 is 17.8 Å². The lowest BCUT2D eigenvalue weighted by molar-refractivity contribution is 0.0514. The highest BCUT2D eigenvalue weighted by molar-refractivity contribution is 5.95. The number of nitrogens with zero attached hydrogens (tertiary/aromatic N) is 4. The number of urea groups is 1. The van der Waals surface area contributed by atoms with E-state index in [1.165, 1.54) is 4.68 Å². The van der Waals surface area contributed by atoms with Crippen LogP contribution in [0.25, 0.3) is 11.1 Å². The van der Waals surface area contributed by atoms with Crippen LogP contribution in [0.1, 0.15) is 39.7 Å². The fourth-order valence-electron chi connectivity index (χ4n) is 3.99. The Bertz CT molecular complexity index is 1120. The Kier molecular flexibility index (Phi) is 6.22. The molecule has 1 aliphatic heterocycles. The summed E-state index contributed by atoms with van der Waals surface area (Å²) in [7, 11) is 0. The summed E-state index contributed by atoms with van der Waals surface area (Å²) in [6, 6.07) is 18.0. The molecular weight excluding hydrogens is 416 g/mol. The summed E-state index contributed by atoms with van der Waals surface area (Å²) in [6.45, 7) is 8.87. The molecule has 1 saturated heterocycles. The van der Waals surface area contributed by atoms with Gasteiger partial charge in [-0.15, -0.1) is 0 Å². The van der Waals surface area contributed by atoms with E-state index >= 15 is 0 Å². The van der Waals surface area contributed by atoms with Gasteiger partial charge in [-0.25, -0.2) is 9.59 Å². The van der Waals surface area contributed by atoms with Crippen LogP contribution in [0.2, 0.25) is 0 Å². The quantitative estimate of drug-likeness (QED) is 0.515. The molecule has 2 amide bonds. The van der Waals surface area contributed by atoms with Gasteiger partial charge in [0.25, 0.3) is 0 Å². The number of benzene rings is 2. The van der Waals surface area contributed by atoms with Gasteiger partial charge in [0.05, 0.1) is 12.2 Å². The molecule has 0 saturated carbocycles. The predicted molar refractivity (Wildman–Crippen MR) is 128 cm³/mol. The van der Waals surface area contributed by atoms with Gasteiger partial charge in [0, 0.05) is 30.5 Å². The first kappa shape index (κ1) is 22.6. The average molecular weight is 447 g/mol. The molecule has 1 fully saturated rings. The van der Waals surface area contributed by atoms with E-state index in [1.807, 2.05) is 85.2 Å². The minimum absolute atomic E-state index is 0.0243. The zero-order chi connectivity index (χ0) is 23.6. The summed E-state index contributed by atoms with van der Waals surface area (Å²) in [4.78, 5) is 29.2. The van der Waals surface area contributed by atoms with Crippen LogP contribution in [0.15, 0.2) is 67.0 Å². The van der Waals surface area contributed by atoms with Gasteiger partial charge in [-0.2, -0.15) is 9.78 Å². The first-order valence-corrected chi connectivity index (χ1v) is 11.3. The predicted octanol–water partition coefficient (Wildman–Crippen LogP) is 5.55. The molecule has 0 bridgehead atoms. The fourth-order valence-corrected chi connectivity index (χ4v) is 3.99. The Morgan fingerprint density at radius 1 is 1.06 bits per heavy atom. The summed E-state index contributed by atoms with van der Waals surface area (Å²) in [6.07, 6.45) is 3.65. The number of ether oxygens (including phenoxy) is 1. The van der Waals surface area contributed by atoms with Crippen molar-refractivity contribution in [3.05, 3.63) is 72.6 Å². The lowest BCUT2D eigenvalue weighted by Gasteiger charge is -2.22. The number of aromatic nitrogens is 2. The molecule has 1 aliphatic rings. The number of anilines is 1. The summed E-state index contributed by atoms with van der Waals surface area (Å²) < 4.78 is 6.56. The molecule has 172 valence electrons. The Morgan fingerprint density at radius 2 is 1.76 bits per heavy atom. The van der Waals surface area contributed by atoms with Crippen LogP contribution in [-0.2, 0) is 11.3 Å². The second kappa shape index (κ2) is 9.10. The second-order valence-electron chi connectivity index (χ2n) is 9.28. The normalized spacial score (nSPS) is 16.4. The lowest BCUT2D eigenvalue weighted by Crippen LogP contribution is -2.34. The van der Waals surface area contributed by atoms with Crippen molar-refractivity contribution in [1.29, 1.82) is 0 Å². The van der Waals surface area contributed by atoms with Gasteiger partial charge in [-0.05, 0) is 50.5 Å². The Balaban J connectivity index is 1.49. The lowest BCUT2D eigenvalue weighted by atomic mass is 10.1. The molecule has 3 aromatic rings. The van der Waals surface area contributed by atoms with Gasteiger partial charge in [0.1, 0.15) is 5.60 Å². The highest BCUT2D eigenvalue weighted by Crippen LogP contribution is 2.30. The van der Waals surface area contributed by atoms with Gasteiger partial charge in [0.2, 0.25) is 0 Å². The number of rotatable bonds is 5. The van der Waals surface area contributed by atoms with E-state index in [1.54, 1.807) is 12.4 Å². The van der Waals surface area contributed by atoms with Gasteiger partial charge in [0.15, 0.2) is 0 Å². The maximum Gasteiger partial charge on any atom is 0.435 e. The molecule has 0 N–H and O–H groups in total. The number of amides is 2. The zero-order valence-corrected chi connectivity index (χ0v) is 19.6. The molecule has 0 spiro atoms. The molecule has 1 unspecified atom stereocenters. The molecule has 0 radical (unpaired) electrons. The number of carbonyl (C=O) groups is 2. The number of hydrogen-bond donors (Lipinski definition) is 0. The average Bonchev–Trinajstić information content (AvgIpc) is 3.39. The summed E-state index contributed by atoms with van der Waals surface area (Å²) in [5.74, 6) is 0. The highest BCUT2D eigenvalue weighted by atomic mass is 16.6. The van der Waals surface area contributed by atoms with Crippen molar-refractivity contribution in [2.45, 2.75) is 52.3 Å². The summed E-state index contributed by atoms with van der Waals surface area (Å²) in [5, 5.41) is 4.13. The van der Waals surface area contributed by atoms with Gasteiger partial charge >= 0.3 is 12.1 Å². The minimum atomic E-state index is -0.586. The first-order chi connectivity index (χ1) is 15.7. The minimum Gasteiger partial charge on any atom is -0.442 e. The Hall–Kier alpha value is -3.61. The van der Waals surface area contributed by atoms with Gasteiger partial charge < -0.3 is 9.64 Å². The van der Waals surface area contributed by atoms with E-state index in [0.717, 1.165) is 28.8 Å². The van der Waals surface area contributed by atoms with Crippen LogP contribution in [0.5, 0.6) is 0 Å². The first-order valence-electron chi connectivity index (χ1n) is 11.3. The Labute approximate surface area is 194 Å². The summed E-state index contributed by atoms with van der Waals surface area (Å²) >= 11 is 0. The third-order valence-corrected chi connectivity index (χ3v) is 5.60. The van der Waals surface area contributed by atoms with E-state index < -0.39 is 11.7 Å². The van der Waals surface area contributed by atoms with Crippen LogP contribution < -0.4 is 4.90 Å². The highest BCUT2D eigenvalue weighted by Gasteiger charge is 2.37. The monoisotopic (exact) mass is 446 g/mol. The van der Waals surface area contributed by atoms with Crippen molar-refractivity contribution in [3.63, 3.8) is 0 Å². The number of carbonyl (C=O) groups excluding carboxylic acids is 2. The molecule has 7 nitrogen and oxygen atoms in total. The maximum absolute atomic E-state index is 13.2. The molecule has 1 aromatic heterocycles. The van der Waals surface area contributed by atoms with Crippen LogP contribution in [0.4, 0.5) is 15.3 Å². The molecule has 2 aromatic carbocycles. The zero-order valence-electron chi connectivity index (χ0n) is 19.6. The van der Waals surface area contributed by atoms with Crippen LogP contribution >= 0.6 is 0 Å². The van der Waals surface area contributed by atoms with Crippen molar-refractivity contribution in [1.82, 2.24) is 14.7 Å². The van der Waals surface area contributed by atoms with Crippen LogP contribution in [0, 0.1) is 0 Å². The van der Waals surface area contributed by atoms with Crippen LogP contribution in [-0.4, -0.2) is 45.0 Å². The molecule has 2 heterocycles. The number of hydrogen-bond acceptors (Lipinski definition) is 4. The van der Waals surface area contributed by atoms with E-state index in [4.69, 9.17) is 4.74 Å². The Morgan fingerprint density at radius 3 is 2.39 bits per heavy atom. The maximum atomic E-state index is 13.2. The molecule has 1 atom stereocenters. The third-order valence-electron chi connectivity index (χ3n) is 5.60. The van der Waals surface area contributed by atoms with E-state index in [-0.39, 0.29) is 12.1 Å². The molecule has 33 heavy (non-hydrogen) atoms. The van der Waals surface area contributed by atoms with Gasteiger partial charge in [-0.3, -0.25) is 4.90 Å². The standard InChI is InChI=1S/C26H30N4O3/c1-5-22-18-28(16-19-9-7-6-8-10-19)24(31)30(22)23-13-11-20(12-14-23)21-15-27-29(17-21)25(32)33-26(2,3)4/h6-15,17,22H,5,16,18H2,1-4H3. The van der Waals surface area contributed by atoms with E-state index in [0.29, 0.717) is 13.1 Å². The third kappa shape index (κ3) is 5.08. The molecule has 4 rings (SSSR count). The van der Waals surface area contributed by atoms with E-state index in [2.05, 4.69) is 12.0 Å². The largest absolute Gasteiger partial charge is 0.442 e. The molecule has 0 aliphatic carbocycles. The molecular formula is C26H30N4O3. The summed E-state index contributed by atoms with van der Waals surface area (Å²) in [5.41, 5.74) is 3.12. The SMILES string of the molecule is CCC1CN(Cc2ccccc2)C(=O)N1c1ccc(-c2cnn(C(=O)OC(C)(C)C)c2)cc1. The van der Waals surface area contributed by atoms with Crippen molar-refractivity contribution < 1.29 is 14.3 Å². The topological polar surface area (TPSA) is 67.7 Å². The van der Waals surface area contributed by atoms with Gasteiger partial charge in [-0.1, -0.05) is 49.4 Å². The van der Waals surface area contributed by atoms with Crippen LogP contribution in [0.3, 0.4) is 0 Å². The van der Waals surface area contributed by atoms with E-state index in [9.17, 15) is 9.59 Å². The second-order valence-corrected chi connectivity index (χ2v) is 9.28. The fraction of sp³-hybridized carbons (Fsp3) is 0.346. The van der Waals surface area contributed by atoms with Crippen molar-refractivity contribution in [2.75, 3.05) is 11.4 Å². The molecule has 7 heteroatoms. The van der Waals surface area contributed by atoms with Crippen molar-refractivity contribution in [2.24, 2.45) is 0 Å².